The lowest BCUT2D eigenvalue weighted by molar-refractivity contribution is 1.01. The molecular weight excluding hydrogens is 545 g/mol. The van der Waals surface area contributed by atoms with Gasteiger partial charge in [0.15, 0.2) is 5.82 Å². The molecule has 0 saturated heterocycles. The molecule has 0 bridgehead atoms. The summed E-state index contributed by atoms with van der Waals surface area (Å²) >= 11 is 1.37. The number of hydrogen-bond acceptors (Lipinski definition) is 5. The van der Waals surface area contributed by atoms with Crippen LogP contribution in [0.25, 0.3) is 49.6 Å². The van der Waals surface area contributed by atoms with E-state index in [1.165, 1.54) is 17.1 Å². The van der Waals surface area contributed by atoms with E-state index in [2.05, 4.69) is 91.0 Å². The van der Waals surface area contributed by atoms with Crippen molar-refractivity contribution in [3.8, 4) is 22.5 Å². The summed E-state index contributed by atoms with van der Waals surface area (Å²) in [5.41, 5.74) is 13.5. The van der Waals surface area contributed by atoms with E-state index in [0.717, 1.165) is 74.0 Å². The Labute approximate surface area is 255 Å². The van der Waals surface area contributed by atoms with Gasteiger partial charge in [-0.3, -0.25) is 5.41 Å². The predicted molar refractivity (Wildman–Crippen MR) is 182 cm³/mol. The van der Waals surface area contributed by atoms with Gasteiger partial charge in [-0.15, -0.1) is 0 Å². The molecule has 3 N–H and O–H groups in total. The highest BCUT2D eigenvalue weighted by atomic mass is 32.2. The Balaban J connectivity index is 1.18. The monoisotopic (exact) mass is 574 g/mol. The Hall–Kier alpha value is -4.84. The van der Waals surface area contributed by atoms with Gasteiger partial charge in [0.05, 0.1) is 21.8 Å². The van der Waals surface area contributed by atoms with Gasteiger partial charge in [-0.05, 0) is 57.7 Å². The summed E-state index contributed by atoms with van der Waals surface area (Å²) in [6.45, 7) is 0. The molecule has 0 saturated carbocycles. The Morgan fingerprint density at radius 3 is 2.09 bits per heavy atom. The van der Waals surface area contributed by atoms with Crippen LogP contribution in [0.5, 0.6) is 0 Å². The second kappa shape index (κ2) is 11.8. The number of fused-ring (bicyclic) bond motifs is 3. The van der Waals surface area contributed by atoms with Crippen LogP contribution < -0.4 is 5.73 Å². The minimum Gasteiger partial charge on any atom is -0.315 e. The summed E-state index contributed by atoms with van der Waals surface area (Å²) in [5, 5.41) is 13.6. The predicted octanol–water partition coefficient (Wildman–Crippen LogP) is 9.57. The fraction of sp³-hybridized carbons (Fsp3) is 0.0789. The van der Waals surface area contributed by atoms with Gasteiger partial charge in [0.25, 0.3) is 0 Å². The normalized spacial score (nSPS) is 13.7. The highest BCUT2D eigenvalue weighted by Gasteiger charge is 2.17. The van der Waals surface area contributed by atoms with E-state index in [1.54, 1.807) is 0 Å². The third-order valence-corrected chi connectivity index (χ3v) is 8.87. The first-order valence-corrected chi connectivity index (χ1v) is 15.3. The summed E-state index contributed by atoms with van der Waals surface area (Å²) in [7, 11) is 0. The van der Waals surface area contributed by atoms with Crippen LogP contribution in [0.3, 0.4) is 0 Å². The number of nitrogens with two attached hydrogens (primary N) is 1. The zero-order valence-corrected chi connectivity index (χ0v) is 24.4. The van der Waals surface area contributed by atoms with Crippen LogP contribution >= 0.6 is 11.8 Å². The quantitative estimate of drug-likeness (QED) is 0.0899. The lowest BCUT2D eigenvalue weighted by Gasteiger charge is -2.16. The topological polar surface area (TPSA) is 75.7 Å². The zero-order chi connectivity index (χ0) is 29.2. The molecule has 5 aromatic carbocycles. The van der Waals surface area contributed by atoms with E-state index in [4.69, 9.17) is 21.1 Å². The van der Waals surface area contributed by atoms with Crippen molar-refractivity contribution < 1.29 is 0 Å². The van der Waals surface area contributed by atoms with Crippen molar-refractivity contribution in [1.82, 2.24) is 9.97 Å². The van der Waals surface area contributed by atoms with Gasteiger partial charge in [-0.2, -0.15) is 0 Å². The Bertz CT molecular complexity index is 2030. The van der Waals surface area contributed by atoms with E-state index < -0.39 is 0 Å². The van der Waals surface area contributed by atoms with Crippen LogP contribution in [0.15, 0.2) is 133 Å². The van der Waals surface area contributed by atoms with Crippen molar-refractivity contribution in [2.24, 2.45) is 5.73 Å². The van der Waals surface area contributed by atoms with Crippen molar-refractivity contribution in [3.63, 3.8) is 0 Å². The molecule has 0 fully saturated rings. The summed E-state index contributed by atoms with van der Waals surface area (Å²) in [4.78, 5) is 9.93. The van der Waals surface area contributed by atoms with Crippen LogP contribution in [-0.2, 0) is 0 Å². The number of hydrogen-bond donors (Lipinski definition) is 2. The van der Waals surface area contributed by atoms with Crippen molar-refractivity contribution in [2.45, 2.75) is 18.2 Å². The third-order valence-electron chi connectivity index (χ3n) is 7.89. The smallest absolute Gasteiger partial charge is 0.156 e. The molecule has 1 atom stereocenters. The first kappa shape index (κ1) is 27.0. The molecule has 1 aliphatic carbocycles. The molecular formula is C38H30N4S. The van der Waals surface area contributed by atoms with Gasteiger partial charge in [-0.1, -0.05) is 133 Å². The summed E-state index contributed by atoms with van der Waals surface area (Å²) < 4.78 is 0. The standard InChI is InChI=1S/C38H30N4S/c39-36(43-37(40)33-23-29-15-7-8-16-30(29)31-17-9-10-18-32(31)33)27-21-19-26(20-22-27)35-24-34(25-11-3-1-4-12-25)41-38(42-35)28-13-5-2-6-14-28/h1-5,7-13,15-24,36,40H,6,14,39H2. The van der Waals surface area contributed by atoms with Gasteiger partial charge in [0.1, 0.15) is 0 Å². The van der Waals surface area contributed by atoms with E-state index in [1.807, 2.05) is 42.5 Å². The number of rotatable bonds is 6. The van der Waals surface area contributed by atoms with Crippen molar-refractivity contribution in [2.75, 3.05) is 0 Å². The molecule has 208 valence electrons. The lowest BCUT2D eigenvalue weighted by atomic mass is 9.98. The maximum atomic E-state index is 9.03. The van der Waals surface area contributed by atoms with Crippen LogP contribution in [0.1, 0.15) is 35.2 Å². The number of thioether (sulfide) groups is 1. The van der Waals surface area contributed by atoms with Crippen LogP contribution in [-0.4, -0.2) is 15.0 Å². The first-order chi connectivity index (χ1) is 21.1. The number of aromatic nitrogens is 2. The van der Waals surface area contributed by atoms with E-state index >= 15 is 0 Å². The Morgan fingerprint density at radius 2 is 1.37 bits per heavy atom. The highest BCUT2D eigenvalue weighted by Crippen LogP contribution is 2.35. The average Bonchev–Trinajstić information content (AvgIpc) is 3.08. The number of nitrogens with zero attached hydrogens (tertiary/aromatic N) is 2. The number of allylic oxidation sites excluding steroid dienone is 4. The van der Waals surface area contributed by atoms with Crippen LogP contribution in [0.2, 0.25) is 0 Å². The summed E-state index contributed by atoms with van der Waals surface area (Å²) in [6, 6.07) is 39.3. The molecule has 0 radical (unpaired) electrons. The fourth-order valence-electron chi connectivity index (χ4n) is 5.63. The fourth-order valence-corrected chi connectivity index (χ4v) is 6.47. The molecule has 1 unspecified atom stereocenters. The molecule has 1 heterocycles. The van der Waals surface area contributed by atoms with E-state index in [-0.39, 0.29) is 5.37 Å². The SMILES string of the molecule is N=C(SC(N)c1ccc(-c2cc(-c3ccccc3)nc(C3=CC=CCC3)n2)cc1)c1cc2ccccc2c2ccccc12. The van der Waals surface area contributed by atoms with Gasteiger partial charge >= 0.3 is 0 Å². The van der Waals surface area contributed by atoms with Gasteiger partial charge in [-0.25, -0.2) is 9.97 Å². The first-order valence-electron chi connectivity index (χ1n) is 14.5. The molecule has 43 heavy (non-hydrogen) atoms. The second-order valence-electron chi connectivity index (χ2n) is 10.7. The minimum atomic E-state index is -0.383. The molecule has 7 rings (SSSR count). The summed E-state index contributed by atoms with van der Waals surface area (Å²) in [6.07, 6.45) is 8.30. The molecule has 4 nitrogen and oxygen atoms in total. The Kier molecular flexibility index (Phi) is 7.42. The Morgan fingerprint density at radius 1 is 0.721 bits per heavy atom. The molecule has 0 amide bonds. The minimum absolute atomic E-state index is 0.383. The van der Waals surface area contributed by atoms with Crippen molar-refractivity contribution in [1.29, 1.82) is 5.41 Å². The van der Waals surface area contributed by atoms with Crippen molar-refractivity contribution >= 4 is 43.9 Å². The summed E-state index contributed by atoms with van der Waals surface area (Å²) in [5.74, 6) is 0.771. The number of nitrogens with one attached hydrogen (secondary N) is 1. The maximum Gasteiger partial charge on any atom is 0.156 e. The molecule has 5 heteroatoms. The second-order valence-corrected chi connectivity index (χ2v) is 11.8. The van der Waals surface area contributed by atoms with Crippen LogP contribution in [0, 0.1) is 5.41 Å². The third kappa shape index (κ3) is 5.53. The maximum absolute atomic E-state index is 9.03. The molecule has 6 aromatic rings. The molecule has 1 aromatic heterocycles. The van der Waals surface area contributed by atoms with Gasteiger partial charge < -0.3 is 5.73 Å². The van der Waals surface area contributed by atoms with E-state index in [0.29, 0.717) is 5.04 Å². The molecule has 1 aliphatic rings. The van der Waals surface area contributed by atoms with Gasteiger partial charge in [0.2, 0.25) is 0 Å². The van der Waals surface area contributed by atoms with Gasteiger partial charge in [0, 0.05) is 16.7 Å². The lowest BCUT2D eigenvalue weighted by Crippen LogP contribution is -2.10. The molecule has 0 aliphatic heterocycles. The zero-order valence-electron chi connectivity index (χ0n) is 23.6. The van der Waals surface area contributed by atoms with Crippen LogP contribution in [0.4, 0.5) is 0 Å². The number of benzene rings is 5. The van der Waals surface area contributed by atoms with E-state index in [9.17, 15) is 0 Å². The average molecular weight is 575 g/mol. The largest absolute Gasteiger partial charge is 0.315 e. The molecule has 0 spiro atoms. The highest BCUT2D eigenvalue weighted by molar-refractivity contribution is 8.14. The van der Waals surface area contributed by atoms with Crippen molar-refractivity contribution in [3.05, 3.63) is 150 Å².